The van der Waals surface area contributed by atoms with Gasteiger partial charge < -0.3 is 29.6 Å². The third-order valence-corrected chi connectivity index (χ3v) is 7.80. The summed E-state index contributed by atoms with van der Waals surface area (Å²) in [5.41, 5.74) is 3.92. The van der Waals surface area contributed by atoms with Crippen LogP contribution in [0.3, 0.4) is 0 Å². The molecule has 3 aromatic rings. The predicted molar refractivity (Wildman–Crippen MR) is 148 cm³/mol. The van der Waals surface area contributed by atoms with Crippen molar-refractivity contribution in [2.45, 2.75) is 70.4 Å². The number of aliphatic hydroxyl groups is 1. The molecule has 1 amide bonds. The fourth-order valence-electron chi connectivity index (χ4n) is 5.53. The van der Waals surface area contributed by atoms with Crippen molar-refractivity contribution in [2.75, 3.05) is 32.1 Å². The number of ether oxygens (including phenoxy) is 2. The Bertz CT molecular complexity index is 1260. The van der Waals surface area contributed by atoms with E-state index in [1.165, 1.54) is 23.8 Å². The van der Waals surface area contributed by atoms with Crippen LogP contribution >= 0.6 is 0 Å². The van der Waals surface area contributed by atoms with Crippen LogP contribution in [0.2, 0.25) is 0 Å². The molecule has 1 aliphatic heterocycles. The zero-order valence-electron chi connectivity index (χ0n) is 23.1. The van der Waals surface area contributed by atoms with Crippen LogP contribution in [0, 0.1) is 6.92 Å². The van der Waals surface area contributed by atoms with Gasteiger partial charge in [0.2, 0.25) is 0 Å². The summed E-state index contributed by atoms with van der Waals surface area (Å²) in [6, 6.07) is 6.04. The smallest absolute Gasteiger partial charge is 0.270 e. The predicted octanol–water partition coefficient (Wildman–Crippen LogP) is 2.87. The number of nitrogens with one attached hydrogen (secondary N) is 2. The third kappa shape index (κ3) is 7.15. The lowest BCUT2D eigenvalue weighted by Crippen LogP contribution is -2.42. The Morgan fingerprint density at radius 3 is 2.88 bits per heavy atom. The highest BCUT2D eigenvalue weighted by Crippen LogP contribution is 2.30. The molecule has 1 aromatic carbocycles. The number of carbonyl (C=O) groups excluding carboxylic acids is 1. The molecule has 3 N–H and O–H groups in total. The SMILES string of the molecule is COC1CCC(Nc2cc(C(=O)NC[C@H](O)CN3CCc4c(ccc(OCc5cnco5)c4C)C3)ncn2)CC1. The maximum atomic E-state index is 12.7. The zero-order valence-corrected chi connectivity index (χ0v) is 23.1. The van der Waals surface area contributed by atoms with Crippen LogP contribution in [0.4, 0.5) is 5.82 Å². The number of oxazole rings is 1. The number of aromatic nitrogens is 3. The molecule has 40 heavy (non-hydrogen) atoms. The number of aliphatic hydroxyl groups excluding tert-OH is 1. The normalized spacial score (nSPS) is 20.0. The lowest BCUT2D eigenvalue weighted by atomic mass is 9.93. The van der Waals surface area contributed by atoms with E-state index < -0.39 is 6.10 Å². The molecular formula is C29H38N6O5. The fourth-order valence-corrected chi connectivity index (χ4v) is 5.53. The monoisotopic (exact) mass is 550 g/mol. The lowest BCUT2D eigenvalue weighted by molar-refractivity contribution is 0.0681. The molecule has 1 fully saturated rings. The number of amides is 1. The Morgan fingerprint density at radius 2 is 2.10 bits per heavy atom. The summed E-state index contributed by atoms with van der Waals surface area (Å²) >= 11 is 0. The largest absolute Gasteiger partial charge is 0.485 e. The van der Waals surface area contributed by atoms with Gasteiger partial charge in [0.05, 0.1) is 18.4 Å². The van der Waals surface area contributed by atoms with Crippen LogP contribution in [0.5, 0.6) is 5.75 Å². The van der Waals surface area contributed by atoms with E-state index in [9.17, 15) is 9.90 Å². The van der Waals surface area contributed by atoms with E-state index in [1.54, 1.807) is 19.4 Å². The summed E-state index contributed by atoms with van der Waals surface area (Å²) in [6.07, 6.45) is 8.93. The minimum Gasteiger partial charge on any atom is -0.485 e. The van der Waals surface area contributed by atoms with Crippen LogP contribution < -0.4 is 15.4 Å². The van der Waals surface area contributed by atoms with Gasteiger partial charge in [0.25, 0.3) is 5.91 Å². The molecule has 5 rings (SSSR count). The summed E-state index contributed by atoms with van der Waals surface area (Å²) in [5, 5.41) is 16.9. The van der Waals surface area contributed by atoms with E-state index in [0.29, 0.717) is 36.9 Å². The zero-order chi connectivity index (χ0) is 27.9. The highest BCUT2D eigenvalue weighted by Gasteiger charge is 2.23. The van der Waals surface area contributed by atoms with Gasteiger partial charge in [-0.3, -0.25) is 9.69 Å². The first-order valence-corrected chi connectivity index (χ1v) is 13.9. The Morgan fingerprint density at radius 1 is 1.25 bits per heavy atom. The molecule has 0 spiro atoms. The number of carbonyl (C=O) groups is 1. The van der Waals surface area contributed by atoms with Crippen molar-refractivity contribution >= 4 is 11.7 Å². The van der Waals surface area contributed by atoms with Gasteiger partial charge in [0.15, 0.2) is 12.2 Å². The van der Waals surface area contributed by atoms with Gasteiger partial charge in [-0.05, 0) is 61.8 Å². The quantitative estimate of drug-likeness (QED) is 0.327. The second-order valence-electron chi connectivity index (χ2n) is 10.6. The molecule has 1 saturated carbocycles. The molecule has 0 saturated heterocycles. The van der Waals surface area contributed by atoms with Gasteiger partial charge in [-0.2, -0.15) is 0 Å². The van der Waals surface area contributed by atoms with Crippen molar-refractivity contribution < 1.29 is 23.8 Å². The van der Waals surface area contributed by atoms with Gasteiger partial charge >= 0.3 is 0 Å². The van der Waals surface area contributed by atoms with Crippen LogP contribution in [0.15, 0.2) is 41.5 Å². The number of hydrogen-bond donors (Lipinski definition) is 3. The molecule has 1 aliphatic carbocycles. The molecule has 2 aliphatic rings. The van der Waals surface area contributed by atoms with Gasteiger partial charge in [-0.1, -0.05) is 6.07 Å². The molecule has 214 valence electrons. The van der Waals surface area contributed by atoms with Gasteiger partial charge in [-0.15, -0.1) is 0 Å². The average molecular weight is 551 g/mol. The van der Waals surface area contributed by atoms with Crippen LogP contribution in [0.25, 0.3) is 0 Å². The molecule has 2 aromatic heterocycles. The van der Waals surface area contributed by atoms with Crippen molar-refractivity contribution in [1.82, 2.24) is 25.2 Å². The molecule has 0 unspecified atom stereocenters. The molecule has 11 heteroatoms. The topological polar surface area (TPSA) is 135 Å². The molecule has 11 nitrogen and oxygen atoms in total. The molecule has 0 bridgehead atoms. The summed E-state index contributed by atoms with van der Waals surface area (Å²) in [6.45, 7) is 4.57. The second kappa shape index (κ2) is 13.2. The van der Waals surface area contributed by atoms with Gasteiger partial charge in [0, 0.05) is 45.4 Å². The van der Waals surface area contributed by atoms with E-state index in [-0.39, 0.29) is 18.1 Å². The third-order valence-electron chi connectivity index (χ3n) is 7.80. The van der Waals surface area contributed by atoms with E-state index in [4.69, 9.17) is 13.9 Å². The minimum atomic E-state index is -0.702. The molecular weight excluding hydrogens is 512 g/mol. The highest BCUT2D eigenvalue weighted by molar-refractivity contribution is 5.92. The van der Waals surface area contributed by atoms with E-state index >= 15 is 0 Å². The average Bonchev–Trinajstić information content (AvgIpc) is 3.50. The van der Waals surface area contributed by atoms with Gasteiger partial charge in [0.1, 0.15) is 30.2 Å². The first-order valence-electron chi connectivity index (χ1n) is 13.9. The van der Waals surface area contributed by atoms with Gasteiger partial charge in [-0.25, -0.2) is 15.0 Å². The summed E-state index contributed by atoms with van der Waals surface area (Å²) in [5.74, 6) is 1.83. The maximum absolute atomic E-state index is 12.7. The van der Waals surface area contributed by atoms with Crippen LogP contribution in [-0.4, -0.2) is 75.9 Å². The Kier molecular flexibility index (Phi) is 9.25. The second-order valence-corrected chi connectivity index (χ2v) is 10.6. The highest BCUT2D eigenvalue weighted by atomic mass is 16.5. The first-order chi connectivity index (χ1) is 19.5. The van der Waals surface area contributed by atoms with Crippen molar-refractivity contribution in [3.63, 3.8) is 0 Å². The number of fused-ring (bicyclic) bond motifs is 1. The summed E-state index contributed by atoms with van der Waals surface area (Å²) in [4.78, 5) is 27.3. The minimum absolute atomic E-state index is 0.142. The number of rotatable bonds is 11. The molecule has 0 radical (unpaired) electrons. The fraction of sp³-hybridized carbons (Fsp3) is 0.517. The first kappa shape index (κ1) is 28.0. The number of β-amino-alcohol motifs (C(OH)–C–C–N with tert-alkyl or cyclic N) is 1. The molecule has 3 heterocycles. The summed E-state index contributed by atoms with van der Waals surface area (Å²) < 4.78 is 16.6. The maximum Gasteiger partial charge on any atom is 0.270 e. The van der Waals surface area contributed by atoms with Crippen LogP contribution in [-0.2, 0) is 24.3 Å². The Balaban J connectivity index is 1.08. The Labute approximate surface area is 234 Å². The number of nitrogens with zero attached hydrogens (tertiary/aromatic N) is 4. The number of hydrogen-bond acceptors (Lipinski definition) is 10. The Hall–Kier alpha value is -3.54. The lowest BCUT2D eigenvalue weighted by Gasteiger charge is -2.31. The van der Waals surface area contributed by atoms with Crippen molar-refractivity contribution in [2.24, 2.45) is 0 Å². The van der Waals surface area contributed by atoms with Crippen molar-refractivity contribution in [3.8, 4) is 5.75 Å². The standard InChI is InChI=1S/C29H38N6O5/c1-19-25-9-10-35(14-20(25)3-8-27(19)39-16-24-13-30-18-40-24)15-22(36)12-31-29(37)26-11-28(33-17-32-26)34-21-4-6-23(38-2)7-5-21/h3,8,11,13,17-18,21-23,36H,4-7,9-10,12,14-16H2,1-2H3,(H,31,37)(H,32,33,34)/t21?,22-,23?/m0/s1. The number of benzene rings is 1. The number of methoxy groups -OCH3 is 1. The molecule has 1 atom stereocenters. The summed E-state index contributed by atoms with van der Waals surface area (Å²) in [7, 11) is 1.76. The van der Waals surface area contributed by atoms with Crippen LogP contribution in [0.1, 0.15) is 58.6 Å². The van der Waals surface area contributed by atoms with Crippen molar-refractivity contribution in [3.05, 3.63) is 65.3 Å². The van der Waals surface area contributed by atoms with E-state index in [2.05, 4.69) is 43.5 Å². The van der Waals surface area contributed by atoms with Crippen molar-refractivity contribution in [1.29, 1.82) is 0 Å². The number of anilines is 1. The van der Waals surface area contributed by atoms with E-state index in [0.717, 1.165) is 56.5 Å². The van der Waals surface area contributed by atoms with E-state index in [1.807, 2.05) is 6.07 Å².